The molecule has 0 radical (unpaired) electrons. The Morgan fingerprint density at radius 2 is 2.08 bits per heavy atom. The number of amides is 1. The fourth-order valence-electron chi connectivity index (χ4n) is 2.95. The second kappa shape index (κ2) is 9.67. The summed E-state index contributed by atoms with van der Waals surface area (Å²) in [5.74, 6) is 0.132. The van der Waals surface area contributed by atoms with E-state index in [1.54, 1.807) is 12.5 Å². The Balaban J connectivity index is 0.00000144. The molecule has 1 amide bonds. The number of benzene rings is 1. The topological polar surface area (TPSA) is 50.2 Å². The van der Waals surface area contributed by atoms with Gasteiger partial charge in [0.25, 0.3) is 5.91 Å². The highest BCUT2D eigenvalue weighted by atomic mass is 35.5. The highest BCUT2D eigenvalue weighted by molar-refractivity contribution is 5.94. The summed E-state index contributed by atoms with van der Waals surface area (Å²) in [6.07, 6.45) is 7.41. The lowest BCUT2D eigenvalue weighted by Crippen LogP contribution is -2.42. The first-order valence-corrected chi connectivity index (χ1v) is 7.89. The lowest BCUT2D eigenvalue weighted by molar-refractivity contribution is 0.0692. The van der Waals surface area contributed by atoms with Crippen LogP contribution in [-0.4, -0.2) is 46.0 Å². The molecular formula is C17H24Cl2N4O. The van der Waals surface area contributed by atoms with Gasteiger partial charge in [-0.1, -0.05) is 6.92 Å². The quantitative estimate of drug-likeness (QED) is 0.879. The van der Waals surface area contributed by atoms with Crippen molar-refractivity contribution < 1.29 is 4.79 Å². The first kappa shape index (κ1) is 20.5. The van der Waals surface area contributed by atoms with Crippen LogP contribution in [0.25, 0.3) is 5.69 Å². The predicted molar refractivity (Wildman–Crippen MR) is 101 cm³/mol. The molecule has 1 fully saturated rings. The van der Waals surface area contributed by atoms with Gasteiger partial charge in [-0.3, -0.25) is 4.79 Å². The van der Waals surface area contributed by atoms with Crippen molar-refractivity contribution in [3.05, 3.63) is 48.5 Å². The number of nitrogens with one attached hydrogen (secondary N) is 1. The molecule has 2 aromatic rings. The van der Waals surface area contributed by atoms with Crippen molar-refractivity contribution in [3.63, 3.8) is 0 Å². The Morgan fingerprint density at radius 1 is 1.33 bits per heavy atom. The third-order valence-corrected chi connectivity index (χ3v) is 4.12. The molecule has 0 bridgehead atoms. The van der Waals surface area contributed by atoms with Gasteiger partial charge in [0.1, 0.15) is 0 Å². The second-order valence-electron chi connectivity index (χ2n) is 5.66. The zero-order valence-electron chi connectivity index (χ0n) is 13.7. The van der Waals surface area contributed by atoms with Crippen LogP contribution in [0.2, 0.25) is 0 Å². The maximum absolute atomic E-state index is 12.8. The zero-order chi connectivity index (χ0) is 15.4. The summed E-state index contributed by atoms with van der Waals surface area (Å²) in [5.41, 5.74) is 1.77. The van der Waals surface area contributed by atoms with Gasteiger partial charge in [0.05, 0.1) is 6.33 Å². The van der Waals surface area contributed by atoms with Crippen molar-refractivity contribution in [3.8, 4) is 5.69 Å². The van der Waals surface area contributed by atoms with E-state index in [-0.39, 0.29) is 30.7 Å². The first-order chi connectivity index (χ1) is 10.8. The average Bonchev–Trinajstić information content (AvgIpc) is 3.25. The molecule has 1 atom stereocenters. The molecule has 2 heterocycles. The largest absolute Gasteiger partial charge is 0.334 e. The Hall–Kier alpha value is -1.56. The lowest BCUT2D eigenvalue weighted by atomic mass is 10.1. The van der Waals surface area contributed by atoms with Crippen LogP contribution in [0, 0.1) is 0 Å². The van der Waals surface area contributed by atoms with E-state index in [9.17, 15) is 4.79 Å². The zero-order valence-corrected chi connectivity index (χ0v) is 15.4. The normalized spacial score (nSPS) is 16.1. The molecule has 5 nitrogen and oxygen atoms in total. The SMILES string of the molecule is CCCN(C(=O)c1ccc(-n2ccnc2)cc1)C1CCNC1.Cl.Cl. The number of hydrogen-bond acceptors (Lipinski definition) is 3. The molecule has 1 aliphatic heterocycles. The highest BCUT2D eigenvalue weighted by Crippen LogP contribution is 2.16. The van der Waals surface area contributed by atoms with E-state index >= 15 is 0 Å². The molecule has 1 aromatic carbocycles. The monoisotopic (exact) mass is 370 g/mol. The number of rotatable bonds is 5. The number of carbonyl (C=O) groups excluding carboxylic acids is 1. The maximum atomic E-state index is 12.8. The number of carbonyl (C=O) groups is 1. The third kappa shape index (κ3) is 4.50. The van der Waals surface area contributed by atoms with Gasteiger partial charge in [-0.05, 0) is 43.7 Å². The van der Waals surface area contributed by atoms with Crippen molar-refractivity contribution in [2.24, 2.45) is 0 Å². The Morgan fingerprint density at radius 3 is 2.62 bits per heavy atom. The minimum Gasteiger partial charge on any atom is -0.334 e. The second-order valence-corrected chi connectivity index (χ2v) is 5.66. The minimum atomic E-state index is 0. The maximum Gasteiger partial charge on any atom is 0.254 e. The van der Waals surface area contributed by atoms with E-state index in [1.165, 1.54) is 0 Å². The van der Waals surface area contributed by atoms with Crippen LogP contribution in [0.15, 0.2) is 43.0 Å². The number of nitrogens with zero attached hydrogens (tertiary/aromatic N) is 3. The smallest absolute Gasteiger partial charge is 0.254 e. The van der Waals surface area contributed by atoms with Gasteiger partial charge < -0.3 is 14.8 Å². The van der Waals surface area contributed by atoms with Crippen LogP contribution in [0.3, 0.4) is 0 Å². The molecule has 1 saturated heterocycles. The summed E-state index contributed by atoms with van der Waals surface area (Å²) in [7, 11) is 0. The van der Waals surface area contributed by atoms with Crippen molar-refractivity contribution in [1.82, 2.24) is 19.8 Å². The minimum absolute atomic E-state index is 0. The fourth-order valence-corrected chi connectivity index (χ4v) is 2.95. The molecule has 24 heavy (non-hydrogen) atoms. The molecule has 1 aromatic heterocycles. The van der Waals surface area contributed by atoms with Crippen molar-refractivity contribution >= 4 is 30.7 Å². The van der Waals surface area contributed by atoms with E-state index in [1.807, 2.05) is 39.9 Å². The summed E-state index contributed by atoms with van der Waals surface area (Å²) >= 11 is 0. The summed E-state index contributed by atoms with van der Waals surface area (Å²) in [5, 5.41) is 3.34. The first-order valence-electron chi connectivity index (χ1n) is 7.89. The standard InChI is InChI=1S/C17H22N4O.2ClH/c1-2-10-21(16-7-8-18-12-16)17(22)14-3-5-15(6-4-14)20-11-9-19-13-20;;/h3-6,9,11,13,16,18H,2,7-8,10,12H2,1H3;2*1H. The number of imidazole rings is 1. The summed E-state index contributed by atoms with van der Waals surface area (Å²) in [4.78, 5) is 18.9. The Labute approximate surface area is 155 Å². The average molecular weight is 371 g/mol. The van der Waals surface area contributed by atoms with Gasteiger partial charge in [-0.15, -0.1) is 24.8 Å². The number of hydrogen-bond donors (Lipinski definition) is 1. The molecule has 7 heteroatoms. The molecule has 0 spiro atoms. The fraction of sp³-hybridized carbons (Fsp3) is 0.412. The third-order valence-electron chi connectivity index (χ3n) is 4.12. The molecule has 3 rings (SSSR count). The van der Waals surface area contributed by atoms with Crippen LogP contribution in [0.1, 0.15) is 30.1 Å². The van der Waals surface area contributed by atoms with E-state index < -0.39 is 0 Å². The Kier molecular flexibility index (Phi) is 8.25. The van der Waals surface area contributed by atoms with Crippen LogP contribution in [-0.2, 0) is 0 Å². The van der Waals surface area contributed by atoms with Crippen LogP contribution in [0.4, 0.5) is 0 Å². The van der Waals surface area contributed by atoms with Gasteiger partial charge in [-0.2, -0.15) is 0 Å². The predicted octanol–water partition coefficient (Wildman–Crippen LogP) is 2.93. The van der Waals surface area contributed by atoms with Crippen LogP contribution < -0.4 is 5.32 Å². The summed E-state index contributed by atoms with van der Waals surface area (Å²) < 4.78 is 1.93. The summed E-state index contributed by atoms with van der Waals surface area (Å²) in [6.45, 7) is 4.83. The molecule has 132 valence electrons. The van der Waals surface area contributed by atoms with Gasteiger partial charge >= 0.3 is 0 Å². The van der Waals surface area contributed by atoms with Crippen molar-refractivity contribution in [1.29, 1.82) is 0 Å². The highest BCUT2D eigenvalue weighted by Gasteiger charge is 2.26. The van der Waals surface area contributed by atoms with E-state index in [0.717, 1.165) is 43.7 Å². The molecule has 0 saturated carbocycles. The Bertz CT molecular complexity index is 610. The van der Waals surface area contributed by atoms with Crippen molar-refractivity contribution in [2.45, 2.75) is 25.8 Å². The van der Waals surface area contributed by atoms with Crippen LogP contribution >= 0.6 is 24.8 Å². The molecule has 1 N–H and O–H groups in total. The van der Waals surface area contributed by atoms with E-state index in [2.05, 4.69) is 17.2 Å². The molecular weight excluding hydrogens is 347 g/mol. The molecule has 1 unspecified atom stereocenters. The number of aromatic nitrogens is 2. The van der Waals surface area contributed by atoms with E-state index in [0.29, 0.717) is 6.04 Å². The van der Waals surface area contributed by atoms with Gasteiger partial charge in [0.2, 0.25) is 0 Å². The molecule has 1 aliphatic rings. The van der Waals surface area contributed by atoms with E-state index in [4.69, 9.17) is 0 Å². The van der Waals surface area contributed by atoms with Gasteiger partial charge in [-0.25, -0.2) is 4.98 Å². The van der Waals surface area contributed by atoms with Crippen LogP contribution in [0.5, 0.6) is 0 Å². The van der Waals surface area contributed by atoms with Gasteiger partial charge in [0.15, 0.2) is 0 Å². The number of halogens is 2. The van der Waals surface area contributed by atoms with Crippen molar-refractivity contribution in [2.75, 3.05) is 19.6 Å². The van der Waals surface area contributed by atoms with Gasteiger partial charge in [0, 0.05) is 42.8 Å². The molecule has 0 aliphatic carbocycles. The lowest BCUT2D eigenvalue weighted by Gasteiger charge is -2.28. The summed E-state index contributed by atoms with van der Waals surface area (Å²) in [6, 6.07) is 8.06.